The van der Waals surface area contributed by atoms with Crippen LogP contribution in [0, 0.1) is 6.92 Å². The molecule has 0 bridgehead atoms. The molecule has 2 rings (SSSR count). The Morgan fingerprint density at radius 3 is 2.67 bits per heavy atom. The number of halogens is 1. The summed E-state index contributed by atoms with van der Waals surface area (Å²) < 4.78 is 6.30. The lowest BCUT2D eigenvalue weighted by Gasteiger charge is -2.01. The minimum atomic E-state index is -0.0281. The highest BCUT2D eigenvalue weighted by Crippen LogP contribution is 2.27. The monoisotopic (exact) mass is 308 g/mol. The highest BCUT2D eigenvalue weighted by atomic mass is 79.9. The second kappa shape index (κ2) is 5.46. The molecule has 0 radical (unpaired) electrons. The van der Waals surface area contributed by atoms with E-state index in [0.29, 0.717) is 5.76 Å². The van der Waals surface area contributed by atoms with Crippen molar-refractivity contribution in [1.29, 1.82) is 0 Å². The minimum absolute atomic E-state index is 0.0281. The number of Topliss-reactive ketones (excluding diaryl/α,β-unsaturated/α-hetero) is 1. The first-order valence-corrected chi connectivity index (χ1v) is 6.34. The molecule has 0 saturated carbocycles. The molecule has 0 aliphatic heterocycles. The van der Waals surface area contributed by atoms with Gasteiger partial charge in [0.15, 0.2) is 11.5 Å². The van der Waals surface area contributed by atoms with Gasteiger partial charge in [-0.3, -0.25) is 4.79 Å². The van der Waals surface area contributed by atoms with E-state index in [1.165, 1.54) is 0 Å². The maximum atomic E-state index is 11.5. The van der Waals surface area contributed by atoms with Crippen molar-refractivity contribution in [3.05, 3.63) is 40.0 Å². The molecule has 0 saturated heterocycles. The molecule has 4 nitrogen and oxygen atoms in total. The number of carbonyl (C=O) groups is 1. The zero-order chi connectivity index (χ0) is 13.1. The van der Waals surface area contributed by atoms with Gasteiger partial charge in [-0.1, -0.05) is 33.2 Å². The van der Waals surface area contributed by atoms with Crippen LogP contribution in [0.4, 0.5) is 0 Å². The molecule has 0 spiro atoms. The summed E-state index contributed by atoms with van der Waals surface area (Å²) >= 11 is 3.38. The molecule has 1 heterocycles. The molecule has 0 aliphatic rings. The predicted molar refractivity (Wildman–Crippen MR) is 72.1 cm³/mol. The summed E-state index contributed by atoms with van der Waals surface area (Å²) in [4.78, 5) is 11.5. The second-order valence-electron chi connectivity index (χ2n) is 4.00. The van der Waals surface area contributed by atoms with Gasteiger partial charge in [-0.2, -0.15) is 0 Å². The fourth-order valence-electron chi connectivity index (χ4n) is 1.69. The van der Waals surface area contributed by atoms with E-state index in [1.807, 2.05) is 31.2 Å². The quantitative estimate of drug-likeness (QED) is 0.942. The van der Waals surface area contributed by atoms with Crippen molar-refractivity contribution < 1.29 is 9.32 Å². The van der Waals surface area contributed by atoms with Crippen LogP contribution in [-0.4, -0.2) is 17.5 Å². The van der Waals surface area contributed by atoms with E-state index in [1.54, 1.807) is 0 Å². The van der Waals surface area contributed by atoms with E-state index in [2.05, 4.69) is 21.1 Å². The van der Waals surface area contributed by atoms with Crippen LogP contribution in [0.2, 0.25) is 0 Å². The number of benzene rings is 1. The van der Waals surface area contributed by atoms with Gasteiger partial charge in [0.1, 0.15) is 0 Å². The molecule has 18 heavy (non-hydrogen) atoms. The van der Waals surface area contributed by atoms with Crippen molar-refractivity contribution in [3.8, 4) is 11.3 Å². The molecule has 0 atom stereocenters. The zero-order valence-corrected chi connectivity index (χ0v) is 11.5. The molecule has 1 aromatic carbocycles. The first kappa shape index (κ1) is 13.0. The molecular weight excluding hydrogens is 296 g/mol. The summed E-state index contributed by atoms with van der Waals surface area (Å²) in [5.74, 6) is 0.612. The second-order valence-corrected chi connectivity index (χ2v) is 4.92. The van der Waals surface area contributed by atoms with Crippen LogP contribution in [0.15, 0.2) is 33.3 Å². The summed E-state index contributed by atoms with van der Waals surface area (Å²) in [6.45, 7) is 1.86. The molecular formula is C13H13BrN2O2. The number of hydrogen-bond acceptors (Lipinski definition) is 4. The molecule has 5 heteroatoms. The molecule has 1 aromatic heterocycles. The van der Waals surface area contributed by atoms with E-state index < -0.39 is 0 Å². The van der Waals surface area contributed by atoms with Crippen LogP contribution < -0.4 is 5.73 Å². The largest absolute Gasteiger partial charge is 0.356 e. The van der Waals surface area contributed by atoms with Crippen molar-refractivity contribution in [2.45, 2.75) is 13.3 Å². The third kappa shape index (κ3) is 2.68. The lowest BCUT2D eigenvalue weighted by Crippen LogP contribution is -2.16. The maximum absolute atomic E-state index is 11.5. The Bertz CT molecular complexity index is 561. The van der Waals surface area contributed by atoms with Gasteiger partial charge in [-0.15, -0.1) is 0 Å². The molecule has 2 N–H and O–H groups in total. The maximum Gasteiger partial charge on any atom is 0.170 e. The summed E-state index contributed by atoms with van der Waals surface area (Å²) in [7, 11) is 0. The summed E-state index contributed by atoms with van der Waals surface area (Å²) in [6.07, 6.45) is 0.261. The summed E-state index contributed by atoms with van der Waals surface area (Å²) in [5, 5.41) is 3.92. The molecule has 0 aliphatic carbocycles. The van der Waals surface area contributed by atoms with Crippen molar-refractivity contribution in [1.82, 2.24) is 5.16 Å². The van der Waals surface area contributed by atoms with Crippen LogP contribution in [-0.2, 0) is 11.2 Å². The third-order valence-corrected chi connectivity index (χ3v) is 3.22. The lowest BCUT2D eigenvalue weighted by atomic mass is 10.0. The topological polar surface area (TPSA) is 69.1 Å². The van der Waals surface area contributed by atoms with Crippen molar-refractivity contribution >= 4 is 21.7 Å². The van der Waals surface area contributed by atoms with Crippen molar-refractivity contribution in [3.63, 3.8) is 0 Å². The molecule has 0 fully saturated rings. The first-order valence-electron chi connectivity index (χ1n) is 5.54. The van der Waals surface area contributed by atoms with Gasteiger partial charge in [0.2, 0.25) is 0 Å². The predicted octanol–water partition coefficient (Wildman–Crippen LogP) is 2.48. The number of rotatable bonds is 4. The van der Waals surface area contributed by atoms with Gasteiger partial charge >= 0.3 is 0 Å². The molecule has 2 aromatic rings. The lowest BCUT2D eigenvalue weighted by molar-refractivity contribution is -0.117. The number of aryl methyl sites for hydroxylation is 1. The van der Waals surface area contributed by atoms with Gasteiger partial charge in [0, 0.05) is 22.0 Å². The number of ketones is 1. The Balaban J connectivity index is 2.39. The minimum Gasteiger partial charge on any atom is -0.356 e. The summed E-state index contributed by atoms with van der Waals surface area (Å²) in [5.41, 5.74) is 7.79. The van der Waals surface area contributed by atoms with Crippen LogP contribution in [0.3, 0.4) is 0 Å². The number of nitrogens with zero attached hydrogens (tertiary/aromatic N) is 1. The van der Waals surface area contributed by atoms with Gasteiger partial charge in [0.05, 0.1) is 12.2 Å². The molecule has 0 amide bonds. The average molecular weight is 309 g/mol. The standard InChI is InChI=1S/C13H13BrN2O2/c1-8-12(6-11(17)7-15)13(18-16-8)9-2-4-10(14)5-3-9/h2-5H,6-7,15H2,1H3. The van der Waals surface area contributed by atoms with Crippen LogP contribution in [0.1, 0.15) is 11.3 Å². The number of carbonyl (C=O) groups excluding carboxylic acids is 1. The molecule has 94 valence electrons. The Morgan fingerprint density at radius 2 is 2.06 bits per heavy atom. The zero-order valence-electron chi connectivity index (χ0n) is 9.94. The third-order valence-electron chi connectivity index (χ3n) is 2.69. The highest BCUT2D eigenvalue weighted by molar-refractivity contribution is 9.10. The normalized spacial score (nSPS) is 10.6. The fraction of sp³-hybridized carbons (Fsp3) is 0.231. The van der Waals surface area contributed by atoms with E-state index >= 15 is 0 Å². The van der Waals surface area contributed by atoms with Gasteiger partial charge in [-0.05, 0) is 19.1 Å². The van der Waals surface area contributed by atoms with Gasteiger partial charge in [-0.25, -0.2) is 0 Å². The summed E-state index contributed by atoms with van der Waals surface area (Å²) in [6, 6.07) is 7.67. The number of nitrogens with two attached hydrogens (primary N) is 1. The smallest absolute Gasteiger partial charge is 0.170 e. The van der Waals surface area contributed by atoms with E-state index in [9.17, 15) is 4.79 Å². The Labute approximate surface area is 113 Å². The van der Waals surface area contributed by atoms with Crippen LogP contribution in [0.25, 0.3) is 11.3 Å². The first-order chi connectivity index (χ1) is 8.61. The molecule has 0 unspecified atom stereocenters. The Kier molecular flexibility index (Phi) is 3.93. The Morgan fingerprint density at radius 1 is 1.39 bits per heavy atom. The highest BCUT2D eigenvalue weighted by Gasteiger charge is 2.17. The van der Waals surface area contributed by atoms with Crippen LogP contribution >= 0.6 is 15.9 Å². The van der Waals surface area contributed by atoms with Gasteiger partial charge < -0.3 is 10.3 Å². The number of aromatic nitrogens is 1. The van der Waals surface area contributed by atoms with E-state index in [0.717, 1.165) is 21.3 Å². The van der Waals surface area contributed by atoms with Gasteiger partial charge in [0.25, 0.3) is 0 Å². The Hall–Kier alpha value is -1.46. The number of hydrogen-bond donors (Lipinski definition) is 1. The van der Waals surface area contributed by atoms with E-state index in [-0.39, 0.29) is 18.7 Å². The van der Waals surface area contributed by atoms with Crippen molar-refractivity contribution in [2.75, 3.05) is 6.54 Å². The average Bonchev–Trinajstić information content (AvgIpc) is 2.72. The van der Waals surface area contributed by atoms with E-state index in [4.69, 9.17) is 10.3 Å². The fourth-order valence-corrected chi connectivity index (χ4v) is 1.96. The van der Waals surface area contributed by atoms with Crippen LogP contribution in [0.5, 0.6) is 0 Å². The van der Waals surface area contributed by atoms with Crippen molar-refractivity contribution in [2.24, 2.45) is 5.73 Å². The SMILES string of the molecule is Cc1noc(-c2ccc(Br)cc2)c1CC(=O)CN.